The van der Waals surface area contributed by atoms with Crippen molar-refractivity contribution in [1.29, 1.82) is 0 Å². The Morgan fingerprint density at radius 1 is 1.47 bits per heavy atom. The van der Waals surface area contributed by atoms with Crippen molar-refractivity contribution in [2.24, 2.45) is 5.92 Å². The molecule has 1 unspecified atom stereocenters. The molecule has 0 saturated heterocycles. The molecule has 0 aliphatic carbocycles. The van der Waals surface area contributed by atoms with Crippen LogP contribution in [0, 0.1) is 24.5 Å². The molecule has 6 heteroatoms. The zero-order valence-electron chi connectivity index (χ0n) is 11.6. The molecular weight excluding hydrogens is 280 g/mol. The third kappa shape index (κ3) is 2.66. The average molecular weight is 298 g/mol. The van der Waals surface area contributed by atoms with Crippen LogP contribution in [0.25, 0.3) is 10.2 Å². The second kappa shape index (κ2) is 5.56. The van der Waals surface area contributed by atoms with Gasteiger partial charge in [-0.15, -0.1) is 11.3 Å². The normalized spacial score (nSPS) is 13.1. The number of thiophene rings is 1. The molecule has 2 rings (SSSR count). The van der Waals surface area contributed by atoms with Crippen molar-refractivity contribution in [1.82, 2.24) is 9.55 Å². The van der Waals surface area contributed by atoms with Crippen molar-refractivity contribution in [2.75, 3.05) is 13.7 Å². The van der Waals surface area contributed by atoms with E-state index >= 15 is 0 Å². The summed E-state index contributed by atoms with van der Waals surface area (Å²) in [6.45, 7) is 7.23. The van der Waals surface area contributed by atoms with E-state index in [0.29, 0.717) is 17.9 Å². The highest BCUT2D eigenvalue weighted by molar-refractivity contribution is 7.71. The van der Waals surface area contributed by atoms with Crippen molar-refractivity contribution in [3.8, 4) is 0 Å². The number of H-pyrrole nitrogens is 1. The molecule has 104 valence electrons. The Bertz CT molecular complexity index is 712. The third-order valence-corrected chi connectivity index (χ3v) is 4.70. The molecule has 0 saturated carbocycles. The summed E-state index contributed by atoms with van der Waals surface area (Å²) in [5.74, 6) is 0.246. The topological polar surface area (TPSA) is 47.0 Å². The third-order valence-electron chi connectivity index (χ3n) is 3.26. The number of fused-ring (bicyclic) bond motifs is 1. The summed E-state index contributed by atoms with van der Waals surface area (Å²) < 4.78 is 7.24. The van der Waals surface area contributed by atoms with Crippen LogP contribution in [0.1, 0.15) is 17.4 Å². The second-order valence-electron chi connectivity index (χ2n) is 4.89. The fourth-order valence-corrected chi connectivity index (χ4v) is 3.55. The molecule has 4 nitrogen and oxygen atoms in total. The number of aromatic amines is 1. The van der Waals surface area contributed by atoms with Crippen LogP contribution in [0.3, 0.4) is 0 Å². The summed E-state index contributed by atoms with van der Waals surface area (Å²) in [6.07, 6.45) is 0. The first-order chi connectivity index (χ1) is 8.95. The molecule has 1 N–H and O–H groups in total. The predicted octanol–water partition coefficient (Wildman–Crippen LogP) is 3.02. The molecule has 1 atom stereocenters. The lowest BCUT2D eigenvalue weighted by molar-refractivity contribution is 0.150. The summed E-state index contributed by atoms with van der Waals surface area (Å²) in [6, 6.07) is 0. The number of aromatic nitrogens is 2. The highest BCUT2D eigenvalue weighted by Gasteiger charge is 2.14. The summed E-state index contributed by atoms with van der Waals surface area (Å²) >= 11 is 6.88. The van der Waals surface area contributed by atoms with Crippen LogP contribution < -0.4 is 5.56 Å². The first-order valence-electron chi connectivity index (χ1n) is 6.17. The van der Waals surface area contributed by atoms with Crippen LogP contribution in [0.4, 0.5) is 0 Å². The van der Waals surface area contributed by atoms with Gasteiger partial charge in [0, 0.05) is 18.5 Å². The lowest BCUT2D eigenvalue weighted by Crippen LogP contribution is -2.26. The minimum Gasteiger partial charge on any atom is -0.384 e. The Kier molecular flexibility index (Phi) is 4.23. The average Bonchev–Trinajstić information content (AvgIpc) is 2.61. The van der Waals surface area contributed by atoms with Crippen LogP contribution >= 0.6 is 23.6 Å². The molecule has 2 aromatic heterocycles. The monoisotopic (exact) mass is 298 g/mol. The summed E-state index contributed by atoms with van der Waals surface area (Å²) in [5.41, 5.74) is 1.05. The molecule has 0 aromatic carbocycles. The number of nitrogens with one attached hydrogen (secondary N) is 1. The zero-order valence-corrected chi connectivity index (χ0v) is 13.2. The van der Waals surface area contributed by atoms with E-state index in [2.05, 4.69) is 4.98 Å². The summed E-state index contributed by atoms with van der Waals surface area (Å²) in [5, 5.41) is 0.765. The van der Waals surface area contributed by atoms with Gasteiger partial charge in [0.15, 0.2) is 4.77 Å². The molecule has 0 spiro atoms. The largest absolute Gasteiger partial charge is 0.384 e. The van der Waals surface area contributed by atoms with Gasteiger partial charge in [-0.05, 0) is 37.5 Å². The molecule has 0 bridgehead atoms. The van der Waals surface area contributed by atoms with Crippen molar-refractivity contribution >= 4 is 33.8 Å². The highest BCUT2D eigenvalue weighted by Crippen LogP contribution is 2.25. The molecule has 2 heterocycles. The summed E-state index contributed by atoms with van der Waals surface area (Å²) in [7, 11) is 1.66. The first kappa shape index (κ1) is 14.4. The van der Waals surface area contributed by atoms with Crippen LogP contribution in [-0.2, 0) is 11.3 Å². The van der Waals surface area contributed by atoms with Gasteiger partial charge in [0.1, 0.15) is 4.83 Å². The van der Waals surface area contributed by atoms with E-state index in [0.717, 1.165) is 20.7 Å². The molecule has 0 fully saturated rings. The van der Waals surface area contributed by atoms with Crippen molar-refractivity contribution in [3.63, 3.8) is 0 Å². The predicted molar refractivity (Wildman–Crippen MR) is 81.8 cm³/mol. The van der Waals surface area contributed by atoms with Gasteiger partial charge < -0.3 is 9.72 Å². The van der Waals surface area contributed by atoms with E-state index in [1.165, 1.54) is 0 Å². The van der Waals surface area contributed by atoms with Crippen molar-refractivity contribution < 1.29 is 4.74 Å². The van der Waals surface area contributed by atoms with E-state index in [9.17, 15) is 4.79 Å². The lowest BCUT2D eigenvalue weighted by atomic mass is 10.2. The van der Waals surface area contributed by atoms with Crippen molar-refractivity contribution in [2.45, 2.75) is 27.3 Å². The van der Waals surface area contributed by atoms with Gasteiger partial charge in [0.25, 0.3) is 5.56 Å². The fraction of sp³-hybridized carbons (Fsp3) is 0.538. The van der Waals surface area contributed by atoms with E-state index in [1.807, 2.05) is 20.8 Å². The van der Waals surface area contributed by atoms with Crippen LogP contribution in [0.15, 0.2) is 4.79 Å². The Morgan fingerprint density at radius 2 is 2.16 bits per heavy atom. The Morgan fingerprint density at radius 3 is 2.79 bits per heavy atom. The smallest absolute Gasteiger partial charge is 0.263 e. The van der Waals surface area contributed by atoms with E-state index in [-0.39, 0.29) is 11.5 Å². The number of ether oxygens (including phenoxy) is 1. The molecule has 19 heavy (non-hydrogen) atoms. The molecule has 0 aliphatic heterocycles. The number of aryl methyl sites for hydroxylation is 2. The van der Waals surface area contributed by atoms with Gasteiger partial charge >= 0.3 is 0 Å². The maximum Gasteiger partial charge on any atom is 0.263 e. The quantitative estimate of drug-likeness (QED) is 0.883. The van der Waals surface area contributed by atoms with Gasteiger partial charge in [-0.25, -0.2) is 0 Å². The number of hydrogen-bond acceptors (Lipinski definition) is 4. The minimum absolute atomic E-state index is 0.00329. The molecule has 2 aromatic rings. The van der Waals surface area contributed by atoms with E-state index in [4.69, 9.17) is 17.0 Å². The SMILES string of the molecule is COCC(C)Cn1c(=S)[nH]c2sc(C)c(C)c2c1=O. The lowest BCUT2D eigenvalue weighted by Gasteiger charge is -2.12. The summed E-state index contributed by atoms with van der Waals surface area (Å²) in [4.78, 5) is 17.8. The van der Waals surface area contributed by atoms with E-state index in [1.54, 1.807) is 23.0 Å². The van der Waals surface area contributed by atoms with Gasteiger partial charge in [-0.3, -0.25) is 9.36 Å². The number of rotatable bonds is 4. The van der Waals surface area contributed by atoms with Crippen LogP contribution in [0.2, 0.25) is 0 Å². The number of hydrogen-bond donors (Lipinski definition) is 1. The number of methoxy groups -OCH3 is 1. The molecular formula is C13H18N2O2S2. The second-order valence-corrected chi connectivity index (χ2v) is 6.51. The molecule has 0 radical (unpaired) electrons. The maximum atomic E-state index is 12.6. The zero-order chi connectivity index (χ0) is 14.2. The van der Waals surface area contributed by atoms with Gasteiger partial charge in [-0.2, -0.15) is 0 Å². The highest BCUT2D eigenvalue weighted by atomic mass is 32.1. The fourth-order valence-electron chi connectivity index (χ4n) is 2.18. The van der Waals surface area contributed by atoms with Crippen LogP contribution in [-0.4, -0.2) is 23.3 Å². The Hall–Kier alpha value is -0.980. The Labute approximate surface area is 121 Å². The van der Waals surface area contributed by atoms with Gasteiger partial charge in [0.05, 0.1) is 12.0 Å². The number of nitrogens with zero attached hydrogens (tertiary/aromatic N) is 1. The minimum atomic E-state index is 0.00329. The first-order valence-corrected chi connectivity index (χ1v) is 7.40. The molecule has 0 aliphatic rings. The Balaban J connectivity index is 2.59. The van der Waals surface area contributed by atoms with Crippen LogP contribution in [0.5, 0.6) is 0 Å². The van der Waals surface area contributed by atoms with Gasteiger partial charge in [-0.1, -0.05) is 6.92 Å². The van der Waals surface area contributed by atoms with Gasteiger partial charge in [0.2, 0.25) is 0 Å². The van der Waals surface area contributed by atoms with E-state index < -0.39 is 0 Å². The molecule has 0 amide bonds. The standard InChI is InChI=1S/C13H18N2O2S2/c1-7(6-17-4)5-15-12(16)10-8(2)9(3)19-11(10)14-13(15)18/h7H,5-6H2,1-4H3,(H,14,18). The maximum absolute atomic E-state index is 12.6. The van der Waals surface area contributed by atoms with Crippen molar-refractivity contribution in [3.05, 3.63) is 25.6 Å².